The lowest BCUT2D eigenvalue weighted by Gasteiger charge is -2.05. The molecule has 0 unspecified atom stereocenters. The van der Waals surface area contributed by atoms with E-state index in [2.05, 4.69) is 4.98 Å². The molecule has 0 bridgehead atoms. The number of rotatable bonds is 3. The highest BCUT2D eigenvalue weighted by molar-refractivity contribution is 5.87. The van der Waals surface area contributed by atoms with Gasteiger partial charge in [-0.3, -0.25) is 4.98 Å². The first kappa shape index (κ1) is 12.0. The Bertz CT molecular complexity index is 594. The summed E-state index contributed by atoms with van der Waals surface area (Å²) in [6, 6.07) is 7.83. The van der Waals surface area contributed by atoms with E-state index >= 15 is 0 Å². The molecule has 1 aromatic carbocycles. The highest BCUT2D eigenvalue weighted by atomic mass is 19.1. The van der Waals surface area contributed by atoms with Crippen molar-refractivity contribution in [1.29, 1.82) is 0 Å². The van der Waals surface area contributed by atoms with Crippen molar-refractivity contribution in [3.63, 3.8) is 0 Å². The summed E-state index contributed by atoms with van der Waals surface area (Å²) in [7, 11) is 0. The fraction of sp³-hybridized carbons (Fsp3) is 0. The van der Waals surface area contributed by atoms with Gasteiger partial charge in [0.1, 0.15) is 5.82 Å². The number of aromatic nitrogens is 1. The maximum Gasteiger partial charge on any atom is 0.328 e. The van der Waals surface area contributed by atoms with Crippen LogP contribution < -0.4 is 0 Å². The van der Waals surface area contributed by atoms with Gasteiger partial charge in [0.15, 0.2) is 0 Å². The zero-order valence-corrected chi connectivity index (χ0v) is 9.38. The minimum atomic E-state index is -1.07. The van der Waals surface area contributed by atoms with E-state index in [1.807, 2.05) is 6.07 Å². The number of carbonyl (C=O) groups is 1. The van der Waals surface area contributed by atoms with Crippen molar-refractivity contribution in [2.45, 2.75) is 0 Å². The van der Waals surface area contributed by atoms with E-state index in [0.29, 0.717) is 5.56 Å². The van der Waals surface area contributed by atoms with Crippen LogP contribution in [0.25, 0.3) is 17.2 Å². The van der Waals surface area contributed by atoms with Crippen LogP contribution in [0, 0.1) is 5.82 Å². The van der Waals surface area contributed by atoms with Gasteiger partial charge >= 0.3 is 5.97 Å². The van der Waals surface area contributed by atoms with Crippen LogP contribution in [0.5, 0.6) is 0 Å². The fourth-order valence-corrected chi connectivity index (χ4v) is 1.62. The summed E-state index contributed by atoms with van der Waals surface area (Å²) in [6.45, 7) is 0. The maximum absolute atomic E-state index is 13.2. The van der Waals surface area contributed by atoms with Crippen molar-refractivity contribution in [3.05, 3.63) is 60.2 Å². The van der Waals surface area contributed by atoms with Gasteiger partial charge in [0, 0.05) is 24.0 Å². The molecule has 0 aliphatic rings. The van der Waals surface area contributed by atoms with Crippen molar-refractivity contribution in [2.75, 3.05) is 0 Å². The first-order valence-electron chi connectivity index (χ1n) is 5.28. The second-order valence-corrected chi connectivity index (χ2v) is 3.64. The predicted octanol–water partition coefficient (Wildman–Crippen LogP) is 2.99. The minimum absolute atomic E-state index is 0.410. The molecule has 0 saturated carbocycles. The molecule has 4 heteroatoms. The quantitative estimate of drug-likeness (QED) is 0.843. The van der Waals surface area contributed by atoms with E-state index in [0.717, 1.165) is 17.2 Å². The van der Waals surface area contributed by atoms with Gasteiger partial charge in [-0.2, -0.15) is 0 Å². The zero-order chi connectivity index (χ0) is 13.0. The molecule has 2 aromatic rings. The number of hydrogen-bond donors (Lipinski definition) is 1. The van der Waals surface area contributed by atoms with Crippen molar-refractivity contribution >= 4 is 12.0 Å². The van der Waals surface area contributed by atoms with E-state index in [1.165, 1.54) is 18.2 Å². The number of hydrogen-bond acceptors (Lipinski definition) is 2. The van der Waals surface area contributed by atoms with Crippen molar-refractivity contribution < 1.29 is 14.3 Å². The third-order valence-corrected chi connectivity index (χ3v) is 2.39. The van der Waals surface area contributed by atoms with Crippen molar-refractivity contribution in [1.82, 2.24) is 4.98 Å². The minimum Gasteiger partial charge on any atom is -0.478 e. The van der Waals surface area contributed by atoms with Crippen molar-refractivity contribution in [2.24, 2.45) is 0 Å². The smallest absolute Gasteiger partial charge is 0.328 e. The van der Waals surface area contributed by atoms with Crippen LogP contribution in [-0.4, -0.2) is 16.1 Å². The molecule has 3 nitrogen and oxygen atoms in total. The monoisotopic (exact) mass is 243 g/mol. The highest BCUT2D eigenvalue weighted by Crippen LogP contribution is 2.24. The van der Waals surface area contributed by atoms with Crippen LogP contribution in [-0.2, 0) is 4.79 Å². The van der Waals surface area contributed by atoms with E-state index in [1.54, 1.807) is 24.5 Å². The molecule has 0 aliphatic carbocycles. The van der Waals surface area contributed by atoms with Crippen LogP contribution in [0.1, 0.15) is 5.56 Å². The van der Waals surface area contributed by atoms with Gasteiger partial charge < -0.3 is 5.11 Å². The lowest BCUT2D eigenvalue weighted by atomic mass is 10.0. The normalized spacial score (nSPS) is 10.7. The molecule has 90 valence electrons. The summed E-state index contributed by atoms with van der Waals surface area (Å²) in [5.41, 5.74) is 2.05. The van der Waals surface area contributed by atoms with E-state index in [4.69, 9.17) is 5.11 Å². The van der Waals surface area contributed by atoms with Crippen LogP contribution in [0.2, 0.25) is 0 Å². The summed E-state index contributed by atoms with van der Waals surface area (Å²) in [6.07, 6.45) is 5.63. The number of halogens is 1. The molecule has 0 aliphatic heterocycles. The first-order valence-corrected chi connectivity index (χ1v) is 5.28. The van der Waals surface area contributed by atoms with Crippen molar-refractivity contribution in [3.8, 4) is 11.1 Å². The van der Waals surface area contributed by atoms with Gasteiger partial charge in [0.05, 0.1) is 0 Å². The molecule has 1 N–H and O–H groups in total. The van der Waals surface area contributed by atoms with Gasteiger partial charge in [-0.1, -0.05) is 12.1 Å². The number of nitrogens with zero attached hydrogens (tertiary/aromatic N) is 1. The zero-order valence-electron chi connectivity index (χ0n) is 9.38. The molecular formula is C14H10FNO2. The van der Waals surface area contributed by atoms with Gasteiger partial charge in [-0.25, -0.2) is 9.18 Å². The third-order valence-electron chi connectivity index (χ3n) is 2.39. The summed E-state index contributed by atoms with van der Waals surface area (Å²) < 4.78 is 13.2. The Morgan fingerprint density at radius 1 is 1.33 bits per heavy atom. The van der Waals surface area contributed by atoms with Crippen LogP contribution >= 0.6 is 0 Å². The SMILES string of the molecule is O=C(O)/C=C/c1cc(F)ccc1-c1cccnc1. The molecule has 0 amide bonds. The van der Waals surface area contributed by atoms with Gasteiger partial charge in [-0.15, -0.1) is 0 Å². The molecule has 1 heterocycles. The maximum atomic E-state index is 13.2. The number of aliphatic carboxylic acids is 1. The second-order valence-electron chi connectivity index (χ2n) is 3.64. The molecule has 1 aromatic heterocycles. The molecule has 0 atom stereocenters. The largest absolute Gasteiger partial charge is 0.478 e. The van der Waals surface area contributed by atoms with Gasteiger partial charge in [0.25, 0.3) is 0 Å². The second kappa shape index (κ2) is 5.23. The average Bonchev–Trinajstić information content (AvgIpc) is 2.37. The summed E-state index contributed by atoms with van der Waals surface area (Å²) in [4.78, 5) is 14.5. The Morgan fingerprint density at radius 3 is 2.83 bits per heavy atom. The Labute approximate surface area is 103 Å². The molecule has 0 radical (unpaired) electrons. The highest BCUT2D eigenvalue weighted by Gasteiger charge is 2.04. The molecule has 2 rings (SSSR count). The van der Waals surface area contributed by atoms with Gasteiger partial charge in [0.2, 0.25) is 0 Å². The van der Waals surface area contributed by atoms with Crippen LogP contribution in [0.15, 0.2) is 48.8 Å². The van der Waals surface area contributed by atoms with E-state index < -0.39 is 11.8 Å². The molecule has 18 heavy (non-hydrogen) atoms. The molecule has 0 spiro atoms. The number of carboxylic acid groups (broad SMARTS) is 1. The van der Waals surface area contributed by atoms with E-state index in [-0.39, 0.29) is 0 Å². The third kappa shape index (κ3) is 2.79. The lowest BCUT2D eigenvalue weighted by Crippen LogP contribution is -1.89. The number of carboxylic acids is 1. The van der Waals surface area contributed by atoms with Crippen LogP contribution in [0.3, 0.4) is 0 Å². The number of pyridine rings is 1. The standard InChI is InChI=1S/C14H10FNO2/c15-12-4-5-13(11-2-1-7-16-9-11)10(8-12)3-6-14(17)18/h1-9H,(H,17,18)/b6-3+. The Balaban J connectivity index is 2.50. The Kier molecular flexibility index (Phi) is 3.48. The summed E-state index contributed by atoms with van der Waals surface area (Å²) >= 11 is 0. The molecule has 0 fully saturated rings. The topological polar surface area (TPSA) is 50.2 Å². The lowest BCUT2D eigenvalue weighted by molar-refractivity contribution is -0.131. The van der Waals surface area contributed by atoms with Gasteiger partial charge in [-0.05, 0) is 35.4 Å². The Morgan fingerprint density at radius 2 is 2.17 bits per heavy atom. The van der Waals surface area contributed by atoms with Crippen LogP contribution in [0.4, 0.5) is 4.39 Å². The average molecular weight is 243 g/mol. The summed E-state index contributed by atoms with van der Waals surface area (Å²) in [5, 5.41) is 8.61. The number of benzene rings is 1. The Hall–Kier alpha value is -2.49. The first-order chi connectivity index (χ1) is 8.66. The summed E-state index contributed by atoms with van der Waals surface area (Å²) in [5.74, 6) is -1.48. The molecule has 0 saturated heterocycles. The predicted molar refractivity (Wildman–Crippen MR) is 66.3 cm³/mol. The fourth-order valence-electron chi connectivity index (χ4n) is 1.62. The van der Waals surface area contributed by atoms with E-state index in [9.17, 15) is 9.18 Å². The molecular weight excluding hydrogens is 233 g/mol.